The van der Waals surface area contributed by atoms with E-state index >= 15 is 0 Å². The summed E-state index contributed by atoms with van der Waals surface area (Å²) in [6.45, 7) is 4.84. The fourth-order valence-electron chi connectivity index (χ4n) is 2.59. The van der Waals surface area contributed by atoms with Crippen LogP contribution in [0.5, 0.6) is 0 Å². The van der Waals surface area contributed by atoms with Gasteiger partial charge in [0.15, 0.2) is 0 Å². The third kappa shape index (κ3) is 1.78. The van der Waals surface area contributed by atoms with E-state index in [1.54, 1.807) is 0 Å². The summed E-state index contributed by atoms with van der Waals surface area (Å²) in [5, 5.41) is 0. The number of ether oxygens (including phenoxy) is 2. The first-order valence-electron chi connectivity index (χ1n) is 6.06. The molecule has 0 amide bonds. The summed E-state index contributed by atoms with van der Waals surface area (Å²) >= 11 is 0. The van der Waals surface area contributed by atoms with Gasteiger partial charge in [-0.15, -0.1) is 24.1 Å². The molecule has 1 aliphatic carbocycles. The molecule has 2 saturated heterocycles. The van der Waals surface area contributed by atoms with Gasteiger partial charge in [0.2, 0.25) is 0 Å². The number of rotatable bonds is 1. The highest BCUT2D eigenvalue weighted by molar-refractivity contribution is 5.46. The average Bonchev–Trinajstić information content (AvgIpc) is 2.81. The number of allylic oxidation sites excluding steroid dienone is 4. The summed E-state index contributed by atoms with van der Waals surface area (Å²) in [6, 6.07) is 0. The molecule has 86 valence electrons. The molecular weight excluding hydrogens is 200 g/mol. The minimum atomic E-state index is 0.247. The molecule has 0 bridgehead atoms. The first-order chi connectivity index (χ1) is 7.83. The van der Waals surface area contributed by atoms with Crippen molar-refractivity contribution in [1.82, 2.24) is 0 Å². The van der Waals surface area contributed by atoms with E-state index in [2.05, 4.69) is 18.7 Å². The zero-order valence-corrected chi connectivity index (χ0v) is 9.45. The Bertz CT molecular complexity index is 348. The minimum absolute atomic E-state index is 0.247. The van der Waals surface area contributed by atoms with Crippen molar-refractivity contribution in [2.45, 2.75) is 37.9 Å². The van der Waals surface area contributed by atoms with Crippen molar-refractivity contribution in [2.75, 3.05) is 6.61 Å². The molecule has 2 heterocycles. The summed E-state index contributed by atoms with van der Waals surface area (Å²) in [5.41, 5.74) is 1.02. The van der Waals surface area contributed by atoms with Gasteiger partial charge in [-0.1, -0.05) is 6.42 Å². The van der Waals surface area contributed by atoms with Gasteiger partial charge in [-0.25, -0.2) is 0 Å². The van der Waals surface area contributed by atoms with Gasteiger partial charge >= 0.3 is 0 Å². The molecule has 16 heavy (non-hydrogen) atoms. The van der Waals surface area contributed by atoms with E-state index in [0.717, 1.165) is 37.2 Å². The second-order valence-electron chi connectivity index (χ2n) is 4.69. The monoisotopic (exact) mass is 217 g/mol. The van der Waals surface area contributed by atoms with Crippen LogP contribution in [0.15, 0.2) is 36.1 Å². The maximum absolute atomic E-state index is 6.03. The zero-order valence-electron chi connectivity index (χ0n) is 9.45. The molecule has 0 spiro atoms. The molecule has 2 atom stereocenters. The fraction of sp³-hybridized carbons (Fsp3) is 0.500. The lowest BCUT2D eigenvalue weighted by molar-refractivity contribution is -0.0340. The fourth-order valence-corrected chi connectivity index (χ4v) is 2.59. The molecule has 2 aliphatic heterocycles. The Balaban J connectivity index is 1.71. The van der Waals surface area contributed by atoms with Gasteiger partial charge in [0.25, 0.3) is 0 Å². The molecule has 3 aliphatic rings. The Kier molecular flexibility index (Phi) is 2.52. The van der Waals surface area contributed by atoms with Crippen LogP contribution in [0.4, 0.5) is 0 Å². The molecule has 2 unspecified atom stereocenters. The third-order valence-corrected chi connectivity index (χ3v) is 3.49. The number of hydrogen-bond donors (Lipinski definition) is 0. The standard InChI is InChI=1S/C14H17O2/c1-10-4-5-11-6-7-13(16-14(11)9-10)12-3-2-8-15-12/h4-5,9,12-13H,1-3,6-8H2/q-1. The summed E-state index contributed by atoms with van der Waals surface area (Å²) in [5.74, 6) is 2.32. The van der Waals surface area contributed by atoms with Crippen molar-refractivity contribution in [3.8, 4) is 0 Å². The van der Waals surface area contributed by atoms with Gasteiger partial charge in [-0.3, -0.25) is 0 Å². The molecule has 0 aromatic carbocycles. The van der Waals surface area contributed by atoms with Gasteiger partial charge in [0.1, 0.15) is 6.10 Å². The smallest absolute Gasteiger partial charge is 0.121 e. The lowest BCUT2D eigenvalue weighted by atomic mass is 9.88. The largest absolute Gasteiger partial charge is 0.513 e. The molecule has 0 saturated carbocycles. The van der Waals surface area contributed by atoms with Crippen molar-refractivity contribution in [2.24, 2.45) is 0 Å². The molecule has 2 nitrogen and oxygen atoms in total. The van der Waals surface area contributed by atoms with E-state index < -0.39 is 0 Å². The highest BCUT2D eigenvalue weighted by Crippen LogP contribution is 2.37. The van der Waals surface area contributed by atoms with E-state index in [1.165, 1.54) is 12.3 Å². The average molecular weight is 217 g/mol. The molecule has 0 radical (unpaired) electrons. The van der Waals surface area contributed by atoms with Gasteiger partial charge in [-0.2, -0.15) is 12.2 Å². The Morgan fingerprint density at radius 3 is 3.06 bits per heavy atom. The molecular formula is C14H17O2-. The van der Waals surface area contributed by atoms with E-state index in [1.807, 2.05) is 6.08 Å². The zero-order chi connectivity index (χ0) is 11.0. The van der Waals surface area contributed by atoms with Crippen LogP contribution in [0.2, 0.25) is 0 Å². The predicted molar refractivity (Wildman–Crippen MR) is 62.7 cm³/mol. The highest BCUT2D eigenvalue weighted by Gasteiger charge is 2.31. The quantitative estimate of drug-likeness (QED) is 0.629. The van der Waals surface area contributed by atoms with Crippen LogP contribution in [-0.4, -0.2) is 18.8 Å². The lowest BCUT2D eigenvalue weighted by Gasteiger charge is -2.40. The van der Waals surface area contributed by atoms with Crippen molar-refractivity contribution < 1.29 is 9.47 Å². The van der Waals surface area contributed by atoms with Crippen LogP contribution in [0.1, 0.15) is 25.7 Å². The van der Waals surface area contributed by atoms with E-state index in [9.17, 15) is 0 Å². The maximum Gasteiger partial charge on any atom is 0.121 e. The second-order valence-corrected chi connectivity index (χ2v) is 4.69. The van der Waals surface area contributed by atoms with Gasteiger partial charge in [0.05, 0.1) is 6.10 Å². The van der Waals surface area contributed by atoms with Crippen LogP contribution in [-0.2, 0) is 9.47 Å². The summed E-state index contributed by atoms with van der Waals surface area (Å²) in [6.07, 6.45) is 11.3. The van der Waals surface area contributed by atoms with Crippen molar-refractivity contribution >= 4 is 0 Å². The molecule has 2 heteroatoms. The molecule has 3 rings (SSSR count). The molecule has 0 N–H and O–H groups in total. The van der Waals surface area contributed by atoms with Crippen molar-refractivity contribution in [3.63, 3.8) is 0 Å². The van der Waals surface area contributed by atoms with E-state index in [0.29, 0.717) is 6.10 Å². The molecule has 0 aromatic rings. The van der Waals surface area contributed by atoms with Crippen LogP contribution in [0, 0.1) is 5.92 Å². The first-order valence-corrected chi connectivity index (χ1v) is 6.06. The van der Waals surface area contributed by atoms with E-state index in [-0.39, 0.29) is 6.10 Å². The first kappa shape index (κ1) is 10.0. The van der Waals surface area contributed by atoms with E-state index in [4.69, 9.17) is 9.47 Å². The predicted octanol–water partition coefficient (Wildman–Crippen LogP) is 2.93. The third-order valence-electron chi connectivity index (χ3n) is 3.49. The Hall–Kier alpha value is -1.15. The van der Waals surface area contributed by atoms with Crippen LogP contribution in [0.25, 0.3) is 0 Å². The topological polar surface area (TPSA) is 18.5 Å². The van der Waals surface area contributed by atoms with Gasteiger partial charge < -0.3 is 9.47 Å². The summed E-state index contributed by atoms with van der Waals surface area (Å²) < 4.78 is 11.7. The van der Waals surface area contributed by atoms with Crippen LogP contribution in [0.3, 0.4) is 0 Å². The summed E-state index contributed by atoms with van der Waals surface area (Å²) in [7, 11) is 0. The number of hydrogen-bond acceptors (Lipinski definition) is 2. The van der Waals surface area contributed by atoms with Crippen LogP contribution < -0.4 is 0 Å². The maximum atomic E-state index is 6.03. The Morgan fingerprint density at radius 2 is 2.25 bits per heavy atom. The lowest BCUT2D eigenvalue weighted by Crippen LogP contribution is -2.33. The molecule has 0 aromatic heterocycles. The van der Waals surface area contributed by atoms with Gasteiger partial charge in [0, 0.05) is 12.4 Å². The van der Waals surface area contributed by atoms with Gasteiger partial charge in [-0.05, 0) is 19.3 Å². The summed E-state index contributed by atoms with van der Waals surface area (Å²) in [4.78, 5) is 0. The molecule has 2 fully saturated rings. The van der Waals surface area contributed by atoms with Crippen molar-refractivity contribution in [1.29, 1.82) is 0 Å². The number of fused-ring (bicyclic) bond motifs is 1. The minimum Gasteiger partial charge on any atom is -0.513 e. The second kappa shape index (κ2) is 4.02. The Labute approximate surface area is 96.6 Å². The van der Waals surface area contributed by atoms with Crippen molar-refractivity contribution in [3.05, 3.63) is 42.1 Å². The SMILES string of the molecule is C=C1C=C[C-]2CCC(C3CCCO3)OC2=C1. The van der Waals surface area contributed by atoms with Crippen LogP contribution >= 0.6 is 0 Å². The highest BCUT2D eigenvalue weighted by atomic mass is 16.5. The normalized spacial score (nSPS) is 33.4. The Morgan fingerprint density at radius 1 is 1.31 bits per heavy atom.